The van der Waals surface area contributed by atoms with Crippen LogP contribution in [-0.4, -0.2) is 44.3 Å². The third-order valence-electron chi connectivity index (χ3n) is 3.07. The molecular formula is C13H17F3N2O. The van der Waals surface area contributed by atoms with Crippen molar-refractivity contribution in [1.82, 2.24) is 4.90 Å². The molecule has 6 heteroatoms. The molecule has 0 spiro atoms. The topological polar surface area (TPSA) is 24.5 Å². The summed E-state index contributed by atoms with van der Waals surface area (Å²) in [7, 11) is 2.00. The first-order valence-corrected chi connectivity index (χ1v) is 6.16. The van der Waals surface area contributed by atoms with Crippen LogP contribution in [0.25, 0.3) is 0 Å². The second-order valence-corrected chi connectivity index (χ2v) is 4.71. The average molecular weight is 274 g/mol. The van der Waals surface area contributed by atoms with Gasteiger partial charge in [-0.15, -0.1) is 0 Å². The van der Waals surface area contributed by atoms with Crippen LogP contribution in [0.1, 0.15) is 5.56 Å². The maximum atomic E-state index is 12.6. The zero-order valence-corrected chi connectivity index (χ0v) is 10.7. The lowest BCUT2D eigenvalue weighted by molar-refractivity contribution is -0.137. The minimum Gasteiger partial charge on any atom is -0.382 e. The molecule has 3 nitrogen and oxygen atoms in total. The molecule has 0 amide bonds. The monoisotopic (exact) mass is 274 g/mol. The fraction of sp³-hybridized carbons (Fsp3) is 0.538. The Kier molecular flexibility index (Phi) is 4.31. The lowest BCUT2D eigenvalue weighted by Crippen LogP contribution is -2.43. The fourth-order valence-electron chi connectivity index (χ4n) is 2.03. The van der Waals surface area contributed by atoms with Crippen LogP contribution in [0.5, 0.6) is 0 Å². The van der Waals surface area contributed by atoms with E-state index in [1.807, 2.05) is 7.05 Å². The quantitative estimate of drug-likeness (QED) is 0.916. The Hall–Kier alpha value is -1.27. The SMILES string of the molecule is CN1CCOC(CNc2cccc(C(F)(F)F)c2)C1. The number of ether oxygens (including phenoxy) is 1. The first kappa shape index (κ1) is 14.1. The average Bonchev–Trinajstić information content (AvgIpc) is 2.36. The van der Waals surface area contributed by atoms with Crippen molar-refractivity contribution in [2.24, 2.45) is 0 Å². The first-order chi connectivity index (χ1) is 8.95. The van der Waals surface area contributed by atoms with Crippen LogP contribution >= 0.6 is 0 Å². The third-order valence-corrected chi connectivity index (χ3v) is 3.07. The molecule has 19 heavy (non-hydrogen) atoms. The van der Waals surface area contributed by atoms with Gasteiger partial charge in [-0.1, -0.05) is 6.07 Å². The van der Waals surface area contributed by atoms with E-state index in [1.165, 1.54) is 6.07 Å². The van der Waals surface area contributed by atoms with Gasteiger partial charge in [-0.25, -0.2) is 0 Å². The number of rotatable bonds is 3. The van der Waals surface area contributed by atoms with E-state index in [0.29, 0.717) is 18.8 Å². The smallest absolute Gasteiger partial charge is 0.382 e. The summed E-state index contributed by atoms with van der Waals surface area (Å²) >= 11 is 0. The van der Waals surface area contributed by atoms with Gasteiger partial charge in [-0.05, 0) is 25.2 Å². The van der Waals surface area contributed by atoms with Gasteiger partial charge in [0.05, 0.1) is 18.3 Å². The number of halogens is 3. The summed E-state index contributed by atoms with van der Waals surface area (Å²) < 4.78 is 43.2. The highest BCUT2D eigenvalue weighted by Crippen LogP contribution is 2.30. The fourth-order valence-corrected chi connectivity index (χ4v) is 2.03. The van der Waals surface area contributed by atoms with Crippen LogP contribution in [0.4, 0.5) is 18.9 Å². The summed E-state index contributed by atoms with van der Waals surface area (Å²) in [6.45, 7) is 2.84. The molecule has 0 saturated carbocycles. The van der Waals surface area contributed by atoms with E-state index in [4.69, 9.17) is 4.74 Å². The normalized spacial score (nSPS) is 21.4. The minimum absolute atomic E-state index is 0.00768. The van der Waals surface area contributed by atoms with Gasteiger partial charge < -0.3 is 15.0 Å². The van der Waals surface area contributed by atoms with Crippen LogP contribution < -0.4 is 5.32 Å². The Labute approximate surface area is 110 Å². The van der Waals surface area contributed by atoms with E-state index in [2.05, 4.69) is 10.2 Å². The van der Waals surface area contributed by atoms with Crippen LogP contribution in [0.2, 0.25) is 0 Å². The molecule has 1 N–H and O–H groups in total. The van der Waals surface area contributed by atoms with Crippen LogP contribution in [0.15, 0.2) is 24.3 Å². The molecule has 1 aromatic rings. The van der Waals surface area contributed by atoms with Gasteiger partial charge in [-0.2, -0.15) is 13.2 Å². The standard InChI is InChI=1S/C13H17F3N2O/c1-18-5-6-19-12(9-18)8-17-11-4-2-3-10(7-11)13(14,15)16/h2-4,7,12,17H,5-6,8-9H2,1H3. The van der Waals surface area contributed by atoms with E-state index >= 15 is 0 Å². The molecule has 1 aromatic carbocycles. The predicted octanol–water partition coefficient (Wildman–Crippen LogP) is 2.45. The molecule has 1 fully saturated rings. The lowest BCUT2D eigenvalue weighted by Gasteiger charge is -2.30. The van der Waals surface area contributed by atoms with E-state index in [1.54, 1.807) is 6.07 Å². The minimum atomic E-state index is -4.31. The maximum absolute atomic E-state index is 12.6. The van der Waals surface area contributed by atoms with Crippen molar-refractivity contribution >= 4 is 5.69 Å². The molecule has 0 bridgehead atoms. The summed E-state index contributed by atoms with van der Waals surface area (Å²) in [4.78, 5) is 2.14. The van der Waals surface area contributed by atoms with E-state index in [-0.39, 0.29) is 6.10 Å². The number of nitrogens with one attached hydrogen (secondary N) is 1. The summed E-state index contributed by atoms with van der Waals surface area (Å²) in [6.07, 6.45) is -4.30. The summed E-state index contributed by atoms with van der Waals surface area (Å²) in [5.41, 5.74) is -0.175. The zero-order chi connectivity index (χ0) is 13.9. The number of morpholine rings is 1. The second kappa shape index (κ2) is 5.79. The van der Waals surface area contributed by atoms with Gasteiger partial charge in [0.15, 0.2) is 0 Å². The number of hydrogen-bond acceptors (Lipinski definition) is 3. The van der Waals surface area contributed by atoms with Gasteiger partial charge in [0.1, 0.15) is 0 Å². The Morgan fingerprint density at radius 2 is 2.21 bits per heavy atom. The first-order valence-electron chi connectivity index (χ1n) is 6.16. The van der Waals surface area contributed by atoms with Crippen LogP contribution in [-0.2, 0) is 10.9 Å². The largest absolute Gasteiger partial charge is 0.416 e. The molecule has 1 atom stereocenters. The van der Waals surface area contributed by atoms with Crippen molar-refractivity contribution in [3.8, 4) is 0 Å². The molecule has 1 heterocycles. The number of anilines is 1. The van der Waals surface area contributed by atoms with E-state index < -0.39 is 11.7 Å². The van der Waals surface area contributed by atoms with Crippen molar-refractivity contribution in [2.75, 3.05) is 38.6 Å². The number of hydrogen-bond donors (Lipinski definition) is 1. The maximum Gasteiger partial charge on any atom is 0.416 e. The lowest BCUT2D eigenvalue weighted by atomic mass is 10.2. The highest BCUT2D eigenvalue weighted by Gasteiger charge is 2.30. The number of likely N-dealkylation sites (N-methyl/N-ethyl adjacent to an activating group) is 1. The second-order valence-electron chi connectivity index (χ2n) is 4.71. The number of alkyl halides is 3. The number of benzene rings is 1. The van der Waals surface area contributed by atoms with Crippen molar-refractivity contribution in [3.63, 3.8) is 0 Å². The predicted molar refractivity (Wildman–Crippen MR) is 67.2 cm³/mol. The zero-order valence-electron chi connectivity index (χ0n) is 10.7. The molecule has 0 aliphatic carbocycles. The Morgan fingerprint density at radius 1 is 1.42 bits per heavy atom. The molecular weight excluding hydrogens is 257 g/mol. The van der Waals surface area contributed by atoms with Crippen molar-refractivity contribution < 1.29 is 17.9 Å². The highest BCUT2D eigenvalue weighted by atomic mass is 19.4. The third kappa shape index (κ3) is 4.11. The summed E-state index contributed by atoms with van der Waals surface area (Å²) in [6, 6.07) is 5.21. The van der Waals surface area contributed by atoms with Crippen molar-refractivity contribution in [1.29, 1.82) is 0 Å². The molecule has 1 aliphatic rings. The molecule has 106 valence electrons. The molecule has 1 unspecified atom stereocenters. The van der Waals surface area contributed by atoms with E-state index in [0.717, 1.165) is 25.2 Å². The molecule has 0 aromatic heterocycles. The summed E-state index contributed by atoms with van der Waals surface area (Å²) in [5.74, 6) is 0. The molecule has 1 aliphatic heterocycles. The highest BCUT2D eigenvalue weighted by molar-refractivity contribution is 5.46. The molecule has 1 saturated heterocycles. The van der Waals surface area contributed by atoms with Crippen molar-refractivity contribution in [3.05, 3.63) is 29.8 Å². The summed E-state index contributed by atoms with van der Waals surface area (Å²) in [5, 5.41) is 3.00. The Morgan fingerprint density at radius 3 is 2.89 bits per heavy atom. The Balaban J connectivity index is 1.92. The van der Waals surface area contributed by atoms with Gasteiger partial charge in [-0.3, -0.25) is 0 Å². The van der Waals surface area contributed by atoms with Gasteiger partial charge in [0.2, 0.25) is 0 Å². The van der Waals surface area contributed by atoms with Crippen LogP contribution in [0.3, 0.4) is 0 Å². The molecule has 2 rings (SSSR count). The van der Waals surface area contributed by atoms with Crippen molar-refractivity contribution in [2.45, 2.75) is 12.3 Å². The Bertz CT molecular complexity index is 423. The molecule has 0 radical (unpaired) electrons. The van der Waals surface area contributed by atoms with Crippen LogP contribution in [0, 0.1) is 0 Å². The van der Waals surface area contributed by atoms with Gasteiger partial charge in [0.25, 0.3) is 0 Å². The van der Waals surface area contributed by atoms with E-state index in [9.17, 15) is 13.2 Å². The number of nitrogens with zero attached hydrogens (tertiary/aromatic N) is 1. The van der Waals surface area contributed by atoms with Gasteiger partial charge in [0, 0.05) is 25.3 Å². The van der Waals surface area contributed by atoms with Gasteiger partial charge >= 0.3 is 6.18 Å².